The quantitative estimate of drug-likeness (QED) is 0.307. The molecule has 0 saturated carbocycles. The molecule has 0 spiro atoms. The fourth-order valence-electron chi connectivity index (χ4n) is 3.09. The average molecular weight is 482 g/mol. The first kappa shape index (κ1) is 20.9. The summed E-state index contributed by atoms with van der Waals surface area (Å²) in [6.07, 6.45) is 0.684. The molecule has 1 heterocycles. The molecular weight excluding hydrogens is 462 g/mol. The summed E-state index contributed by atoms with van der Waals surface area (Å²) in [6.45, 7) is 0.943. The Labute approximate surface area is 187 Å². The second-order valence-electron chi connectivity index (χ2n) is 6.89. The van der Waals surface area contributed by atoms with Crippen molar-refractivity contribution in [1.82, 2.24) is 4.98 Å². The van der Waals surface area contributed by atoms with Crippen molar-refractivity contribution in [2.45, 2.75) is 12.8 Å². The second-order valence-corrected chi connectivity index (χ2v) is 7.81. The molecule has 0 fully saturated rings. The maximum atomic E-state index is 10.7. The van der Waals surface area contributed by atoms with Crippen molar-refractivity contribution in [1.29, 1.82) is 0 Å². The highest BCUT2D eigenvalue weighted by Crippen LogP contribution is 2.34. The predicted octanol–water partition coefficient (Wildman–Crippen LogP) is 5.73. The van der Waals surface area contributed by atoms with Crippen LogP contribution in [0, 0.1) is 0 Å². The van der Waals surface area contributed by atoms with Crippen LogP contribution in [0.15, 0.2) is 75.6 Å². The van der Waals surface area contributed by atoms with Gasteiger partial charge in [0.25, 0.3) is 0 Å². The number of carboxylic acids is 1. The lowest BCUT2D eigenvalue weighted by Gasteiger charge is -2.11. The minimum atomic E-state index is -0.851. The number of carboxylic acid groups (broad SMARTS) is 1. The van der Waals surface area contributed by atoms with Crippen LogP contribution in [0.4, 0.5) is 0 Å². The number of hydrogen-bond donors (Lipinski definition) is 1. The monoisotopic (exact) mass is 481 g/mol. The van der Waals surface area contributed by atoms with Gasteiger partial charge in [0.1, 0.15) is 17.0 Å². The molecule has 158 valence electrons. The van der Waals surface area contributed by atoms with Crippen LogP contribution < -0.4 is 9.47 Å². The van der Waals surface area contributed by atoms with Crippen LogP contribution in [0.3, 0.4) is 0 Å². The fraction of sp³-hybridized carbons (Fsp3) is 0.167. The highest BCUT2D eigenvalue weighted by Gasteiger charge is 2.14. The van der Waals surface area contributed by atoms with Crippen LogP contribution in [0.2, 0.25) is 0 Å². The van der Waals surface area contributed by atoms with Crippen molar-refractivity contribution in [3.8, 4) is 23.0 Å². The largest absolute Gasteiger partial charge is 0.493 e. The lowest BCUT2D eigenvalue weighted by molar-refractivity contribution is -0.136. The molecule has 7 heteroatoms. The molecule has 0 saturated heterocycles. The van der Waals surface area contributed by atoms with Gasteiger partial charge in [-0.25, -0.2) is 4.98 Å². The lowest BCUT2D eigenvalue weighted by Crippen LogP contribution is -2.06. The number of hydrogen-bond acceptors (Lipinski definition) is 5. The summed E-state index contributed by atoms with van der Waals surface area (Å²) < 4.78 is 18.5. The molecule has 0 aliphatic heterocycles. The van der Waals surface area contributed by atoms with Gasteiger partial charge in [-0.2, -0.15) is 0 Å². The van der Waals surface area contributed by atoms with Gasteiger partial charge < -0.3 is 19.0 Å². The molecule has 0 atom stereocenters. The molecule has 31 heavy (non-hydrogen) atoms. The van der Waals surface area contributed by atoms with Crippen LogP contribution >= 0.6 is 15.9 Å². The zero-order chi connectivity index (χ0) is 21.6. The molecule has 0 amide bonds. The molecule has 1 N–H and O–H groups in total. The highest BCUT2D eigenvalue weighted by molar-refractivity contribution is 9.10. The molecule has 0 bridgehead atoms. The van der Waals surface area contributed by atoms with E-state index in [-0.39, 0.29) is 6.42 Å². The number of fused-ring (bicyclic) bond motifs is 1. The molecule has 6 nitrogen and oxygen atoms in total. The highest BCUT2D eigenvalue weighted by atomic mass is 79.9. The van der Waals surface area contributed by atoms with Crippen molar-refractivity contribution >= 4 is 33.0 Å². The number of nitrogens with zero attached hydrogens (tertiary/aromatic N) is 1. The first-order chi connectivity index (χ1) is 15.1. The number of halogens is 1. The maximum absolute atomic E-state index is 10.7. The van der Waals surface area contributed by atoms with Crippen molar-refractivity contribution in [2.24, 2.45) is 0 Å². The third-order valence-corrected chi connectivity index (χ3v) is 5.05. The van der Waals surface area contributed by atoms with Crippen LogP contribution in [0.25, 0.3) is 22.6 Å². The minimum absolute atomic E-state index is 0.00370. The Morgan fingerprint density at radius 3 is 2.55 bits per heavy atom. The number of ether oxygens (including phenoxy) is 2. The van der Waals surface area contributed by atoms with Crippen molar-refractivity contribution < 1.29 is 23.8 Å². The zero-order valence-electron chi connectivity index (χ0n) is 16.6. The van der Waals surface area contributed by atoms with E-state index in [9.17, 15) is 4.79 Å². The van der Waals surface area contributed by atoms with Crippen LogP contribution in [-0.4, -0.2) is 29.3 Å². The van der Waals surface area contributed by atoms with Gasteiger partial charge in [0.05, 0.1) is 25.2 Å². The maximum Gasteiger partial charge on any atom is 0.307 e. The second kappa shape index (κ2) is 9.66. The summed E-state index contributed by atoms with van der Waals surface area (Å²) in [7, 11) is 0. The van der Waals surface area contributed by atoms with E-state index in [0.717, 1.165) is 26.7 Å². The summed E-state index contributed by atoms with van der Waals surface area (Å²) >= 11 is 3.50. The molecule has 0 radical (unpaired) electrons. The minimum Gasteiger partial charge on any atom is -0.493 e. The molecule has 0 aliphatic carbocycles. The molecule has 3 aromatic carbocycles. The standard InChI is InChI=1S/C24H20BrNO5/c25-17-8-11-21(19(15-17)24-26-20-4-1-2-5-22(20)31-24)30-13-3-12-29-18-9-6-16(7-10-18)14-23(27)28/h1-2,4-11,15H,3,12-14H2,(H,27,28). The number of para-hydroxylation sites is 2. The van der Waals surface area contributed by atoms with Gasteiger partial charge in [0.15, 0.2) is 5.58 Å². The summed E-state index contributed by atoms with van der Waals surface area (Å²) in [5, 5.41) is 8.82. The number of benzene rings is 3. The number of oxazole rings is 1. The Hall–Kier alpha value is -3.32. The smallest absolute Gasteiger partial charge is 0.307 e. The Morgan fingerprint density at radius 1 is 1.00 bits per heavy atom. The van der Waals surface area contributed by atoms with Crippen molar-refractivity contribution in [3.63, 3.8) is 0 Å². The Morgan fingerprint density at radius 2 is 1.77 bits per heavy atom. The van der Waals surface area contributed by atoms with Gasteiger partial charge in [-0.15, -0.1) is 0 Å². The Balaban J connectivity index is 1.34. The predicted molar refractivity (Wildman–Crippen MR) is 121 cm³/mol. The fourth-order valence-corrected chi connectivity index (χ4v) is 3.45. The summed E-state index contributed by atoms with van der Waals surface area (Å²) in [5.41, 5.74) is 3.04. The molecule has 0 aliphatic rings. The zero-order valence-corrected chi connectivity index (χ0v) is 18.2. The van der Waals surface area contributed by atoms with E-state index in [0.29, 0.717) is 37.0 Å². The van der Waals surface area contributed by atoms with Crippen molar-refractivity contribution in [2.75, 3.05) is 13.2 Å². The molecule has 4 rings (SSSR count). The number of aliphatic carboxylic acids is 1. The SMILES string of the molecule is O=C(O)Cc1ccc(OCCCOc2ccc(Br)cc2-c2nc3ccccc3o2)cc1. The van der Waals surface area contributed by atoms with E-state index in [4.69, 9.17) is 19.0 Å². The van der Waals surface area contributed by atoms with E-state index in [2.05, 4.69) is 20.9 Å². The average Bonchev–Trinajstić information content (AvgIpc) is 3.19. The summed E-state index contributed by atoms with van der Waals surface area (Å²) in [6, 6.07) is 20.4. The Kier molecular flexibility index (Phi) is 6.52. The lowest BCUT2D eigenvalue weighted by atomic mass is 10.1. The van der Waals surface area contributed by atoms with Crippen LogP contribution in [-0.2, 0) is 11.2 Å². The molecule has 1 aromatic heterocycles. The van der Waals surface area contributed by atoms with Gasteiger partial charge in [0, 0.05) is 10.9 Å². The van der Waals surface area contributed by atoms with E-state index in [1.165, 1.54) is 0 Å². The molecule has 4 aromatic rings. The summed E-state index contributed by atoms with van der Waals surface area (Å²) in [4.78, 5) is 15.3. The number of rotatable bonds is 9. The van der Waals surface area contributed by atoms with Gasteiger partial charge in [0.2, 0.25) is 5.89 Å². The third-order valence-electron chi connectivity index (χ3n) is 4.56. The van der Waals surface area contributed by atoms with E-state index in [1.807, 2.05) is 42.5 Å². The summed E-state index contributed by atoms with van der Waals surface area (Å²) in [5.74, 6) is 1.05. The first-order valence-electron chi connectivity index (χ1n) is 9.80. The van der Waals surface area contributed by atoms with E-state index < -0.39 is 5.97 Å². The third kappa shape index (κ3) is 5.44. The van der Waals surface area contributed by atoms with Gasteiger partial charge >= 0.3 is 5.97 Å². The normalized spacial score (nSPS) is 10.9. The van der Waals surface area contributed by atoms with E-state index >= 15 is 0 Å². The molecular formula is C24H20BrNO5. The van der Waals surface area contributed by atoms with Gasteiger partial charge in [-0.3, -0.25) is 4.79 Å². The van der Waals surface area contributed by atoms with Crippen molar-refractivity contribution in [3.05, 3.63) is 76.8 Å². The van der Waals surface area contributed by atoms with Crippen LogP contribution in [0.5, 0.6) is 11.5 Å². The Bertz CT molecular complexity index is 1150. The van der Waals surface area contributed by atoms with E-state index in [1.54, 1.807) is 24.3 Å². The number of carbonyl (C=O) groups is 1. The van der Waals surface area contributed by atoms with Gasteiger partial charge in [-0.1, -0.05) is 40.2 Å². The van der Waals surface area contributed by atoms with Gasteiger partial charge in [-0.05, 0) is 48.0 Å². The van der Waals surface area contributed by atoms with Crippen LogP contribution in [0.1, 0.15) is 12.0 Å². The first-order valence-corrected chi connectivity index (χ1v) is 10.6. The topological polar surface area (TPSA) is 81.8 Å². The molecule has 0 unspecified atom stereocenters. The number of aromatic nitrogens is 1.